The van der Waals surface area contributed by atoms with Crippen molar-refractivity contribution in [2.75, 3.05) is 41.9 Å². The van der Waals surface area contributed by atoms with Crippen molar-refractivity contribution in [3.8, 4) is 11.8 Å². The third-order valence-electron chi connectivity index (χ3n) is 17.1. The molecule has 9 rings (SSSR count). The van der Waals surface area contributed by atoms with E-state index in [1.807, 2.05) is 135 Å². The fourth-order valence-electron chi connectivity index (χ4n) is 12.6. The van der Waals surface area contributed by atoms with Gasteiger partial charge in [0.05, 0.1) is 38.9 Å². The number of hydrogen-bond acceptors (Lipinski definition) is 11. The van der Waals surface area contributed by atoms with Crippen molar-refractivity contribution < 1.29 is 66.0 Å². The van der Waals surface area contributed by atoms with Crippen molar-refractivity contribution in [2.45, 2.75) is 118 Å². The fourth-order valence-corrected chi connectivity index (χ4v) is 14.6. The summed E-state index contributed by atoms with van der Waals surface area (Å²) in [7, 11) is -14.3. The molecule has 3 aliphatic heterocycles. The third kappa shape index (κ3) is 14.8. The average molecular weight is 1260 g/mol. The zero-order valence-electron chi connectivity index (χ0n) is 48.9. The van der Waals surface area contributed by atoms with Gasteiger partial charge in [0.15, 0.2) is 5.71 Å². The first kappa shape index (κ1) is 64.2. The molecule has 2 amide bonds. The lowest BCUT2D eigenvalue weighted by molar-refractivity contribution is -0.401. The molecule has 458 valence electrons. The van der Waals surface area contributed by atoms with Crippen LogP contribution < -0.4 is 15.1 Å². The zero-order chi connectivity index (χ0) is 62.7. The SMILES string of the molecule is CN1C(=CC=C2CCCC(C=CC3=[N+](C)c4ccc(S(=O)(=O)O)cc4C3(C)CCCS(=O)(=O)O)=C2c2ccc(CCCCC(=O)NCCC(=O)N3Cc4ccccc4C#Cc4ccccc43)cc2)C(C)(CCCS(=O)(=O)O)c2cc(S(=O)(=O)O)ccc21. The molecule has 5 N–H and O–H groups in total. The highest BCUT2D eigenvalue weighted by molar-refractivity contribution is 7.86. The van der Waals surface area contributed by atoms with Gasteiger partial charge >= 0.3 is 0 Å². The first-order chi connectivity index (χ1) is 41.0. The summed E-state index contributed by atoms with van der Waals surface area (Å²) in [4.78, 5) is 29.8. The number of likely N-dealkylation sites (N-methyl/N-ethyl adjacent to an activating group) is 1. The molecular formula is C65H71N4O14S4+. The van der Waals surface area contributed by atoms with E-state index in [4.69, 9.17) is 0 Å². The summed E-state index contributed by atoms with van der Waals surface area (Å²) in [5, 5.41) is 2.93. The van der Waals surface area contributed by atoms with Crippen LogP contribution in [0.15, 0.2) is 160 Å². The number of amides is 2. The summed E-state index contributed by atoms with van der Waals surface area (Å²) in [5.74, 6) is 5.09. The van der Waals surface area contributed by atoms with Crippen LogP contribution in [0.1, 0.15) is 123 Å². The molecule has 0 radical (unpaired) electrons. The molecule has 0 saturated carbocycles. The van der Waals surface area contributed by atoms with Gasteiger partial charge in [0.25, 0.3) is 40.5 Å². The van der Waals surface area contributed by atoms with Crippen LogP contribution in [0, 0.1) is 11.8 Å². The highest BCUT2D eigenvalue weighted by atomic mass is 32.2. The minimum atomic E-state index is -4.62. The highest BCUT2D eigenvalue weighted by Gasteiger charge is 2.47. The standard InChI is InChI=1S/C65H70N4O14S4/c1-64(37-12-40-84(72,73)74)54-42-52(86(78,79)80)30-32-57(54)67(3)59(64)34-28-48-18-11-19-49(29-35-60-65(2,38-13-41-85(75,76)77)55-43-53(87(81,82)83)31-33-58(55)68(60)4)63(48)50-24-22-45(23-25-50)14-5-10-21-61(70)66-39-36-62(71)69-44-51-17-7-6-15-46(51)26-27-47-16-8-9-20-56(47)69/h6-9,15-17,20,22-25,28-35,42-43H,5,10-14,18-19,21,36-41,44H2,1-4H3,(H4-,66,70,72,73,74,75,76,77,78,79,80,81,82,83)/p+1. The number of rotatable bonds is 22. The predicted molar refractivity (Wildman–Crippen MR) is 336 cm³/mol. The smallest absolute Gasteiger partial charge is 0.294 e. The van der Waals surface area contributed by atoms with Gasteiger partial charge in [-0.15, -0.1) is 0 Å². The molecule has 0 spiro atoms. The number of nitrogens with zero attached hydrogens (tertiary/aromatic N) is 3. The molecule has 18 nitrogen and oxygen atoms in total. The Hall–Kier alpha value is -7.33. The Morgan fingerprint density at radius 2 is 1.29 bits per heavy atom. The Morgan fingerprint density at radius 1 is 0.667 bits per heavy atom. The van der Waals surface area contributed by atoms with Gasteiger partial charge in [-0.3, -0.25) is 27.8 Å². The van der Waals surface area contributed by atoms with E-state index in [1.54, 1.807) is 17.0 Å². The molecule has 0 bridgehead atoms. The van der Waals surface area contributed by atoms with Gasteiger partial charge in [-0.1, -0.05) is 78.6 Å². The Labute approximate surface area is 510 Å². The van der Waals surface area contributed by atoms with E-state index in [9.17, 15) is 61.5 Å². The second-order valence-corrected chi connectivity index (χ2v) is 29.0. The largest absolute Gasteiger partial charge is 0.356 e. The van der Waals surface area contributed by atoms with Gasteiger partial charge in [-0.05, 0) is 172 Å². The minimum Gasteiger partial charge on any atom is -0.356 e. The lowest BCUT2D eigenvalue weighted by Crippen LogP contribution is -2.35. The number of aryl methyl sites for hydroxylation is 1. The van der Waals surface area contributed by atoms with Gasteiger partial charge in [0, 0.05) is 72.1 Å². The summed E-state index contributed by atoms with van der Waals surface area (Å²) in [5.41, 5.74) is 9.77. The number of hydrogen-bond donors (Lipinski definition) is 5. The minimum absolute atomic E-state index is 0.0277. The van der Waals surface area contributed by atoms with Crippen molar-refractivity contribution in [3.63, 3.8) is 0 Å². The lowest BCUT2D eigenvalue weighted by Gasteiger charge is -2.29. The van der Waals surface area contributed by atoms with Crippen LogP contribution in [-0.2, 0) is 73.9 Å². The maximum atomic E-state index is 13.7. The number of carbonyl (C=O) groups excluding carboxylic acids is 2. The third-order valence-corrected chi connectivity index (χ3v) is 20.4. The van der Waals surface area contributed by atoms with E-state index in [0.29, 0.717) is 79.0 Å². The van der Waals surface area contributed by atoms with Crippen LogP contribution in [0.25, 0.3) is 5.57 Å². The molecule has 1 aliphatic carbocycles. The Kier molecular flexibility index (Phi) is 19.0. The quantitative estimate of drug-likeness (QED) is 0.0187. The van der Waals surface area contributed by atoms with Crippen LogP contribution in [0.3, 0.4) is 0 Å². The normalized spacial score (nSPS) is 19.6. The van der Waals surface area contributed by atoms with Crippen molar-refractivity contribution in [2.24, 2.45) is 0 Å². The molecule has 3 heterocycles. The van der Waals surface area contributed by atoms with Gasteiger partial charge < -0.3 is 15.1 Å². The maximum absolute atomic E-state index is 13.7. The number of unbranched alkanes of at least 4 members (excludes halogenated alkanes) is 1. The summed E-state index contributed by atoms with van der Waals surface area (Å²) >= 11 is 0. The van der Waals surface area contributed by atoms with Crippen LogP contribution in [0.4, 0.5) is 17.1 Å². The van der Waals surface area contributed by atoms with Crippen molar-refractivity contribution in [1.29, 1.82) is 0 Å². The van der Waals surface area contributed by atoms with Gasteiger partial charge in [0.1, 0.15) is 7.05 Å². The van der Waals surface area contributed by atoms with E-state index in [-0.39, 0.29) is 66.7 Å². The van der Waals surface area contributed by atoms with Crippen molar-refractivity contribution >= 4 is 80.6 Å². The molecular weight excluding hydrogens is 1190 g/mol. The summed E-state index contributed by atoms with van der Waals surface area (Å²) < 4.78 is 139. The number of fused-ring (bicyclic) bond motifs is 4. The Bertz CT molecular complexity index is 4270. The first-order valence-electron chi connectivity index (χ1n) is 28.7. The number of benzene rings is 5. The molecule has 5 aromatic rings. The zero-order valence-corrected chi connectivity index (χ0v) is 52.1. The second kappa shape index (κ2) is 25.8. The Balaban J connectivity index is 0.981. The number of carbonyl (C=O) groups is 2. The topological polar surface area (TPSA) is 273 Å². The molecule has 87 heavy (non-hydrogen) atoms. The number of allylic oxidation sites excluding steroid dienone is 8. The molecule has 2 unspecified atom stereocenters. The fraction of sp³-hybridized carbons (Fsp3) is 0.338. The molecule has 0 fully saturated rings. The molecule has 22 heteroatoms. The van der Waals surface area contributed by atoms with E-state index in [0.717, 1.165) is 50.2 Å². The Morgan fingerprint density at radius 3 is 1.97 bits per heavy atom. The summed E-state index contributed by atoms with van der Waals surface area (Å²) in [6.07, 6.45) is 12.6. The van der Waals surface area contributed by atoms with Crippen LogP contribution in [-0.4, -0.2) is 106 Å². The molecule has 5 aromatic carbocycles. The van der Waals surface area contributed by atoms with E-state index >= 15 is 0 Å². The van der Waals surface area contributed by atoms with E-state index in [2.05, 4.69) is 17.2 Å². The van der Waals surface area contributed by atoms with Gasteiger partial charge in [-0.2, -0.15) is 38.2 Å². The van der Waals surface area contributed by atoms with Crippen LogP contribution in [0.2, 0.25) is 0 Å². The van der Waals surface area contributed by atoms with Crippen molar-refractivity contribution in [3.05, 3.63) is 189 Å². The van der Waals surface area contributed by atoms with E-state index in [1.165, 1.54) is 24.3 Å². The van der Waals surface area contributed by atoms with Gasteiger partial charge in [-0.25, -0.2) is 0 Å². The molecule has 0 aromatic heterocycles. The summed E-state index contributed by atoms with van der Waals surface area (Å²) in [6.45, 7) is 4.27. The predicted octanol–water partition coefficient (Wildman–Crippen LogP) is 10.1. The van der Waals surface area contributed by atoms with Crippen LogP contribution >= 0.6 is 0 Å². The maximum Gasteiger partial charge on any atom is 0.294 e. The average Bonchev–Trinajstić information content (AvgIpc) is 1.62. The molecule has 2 atom stereocenters. The molecule has 0 saturated heterocycles. The number of para-hydroxylation sites is 1. The lowest BCUT2D eigenvalue weighted by atomic mass is 9.75. The van der Waals surface area contributed by atoms with Gasteiger partial charge in [0.2, 0.25) is 17.5 Å². The highest BCUT2D eigenvalue weighted by Crippen LogP contribution is 2.51. The van der Waals surface area contributed by atoms with Crippen molar-refractivity contribution in [1.82, 2.24) is 5.32 Å². The summed E-state index contributed by atoms with van der Waals surface area (Å²) in [6, 6.07) is 32.0. The number of nitrogens with one attached hydrogen (secondary N) is 1. The van der Waals surface area contributed by atoms with E-state index < -0.39 is 62.8 Å². The van der Waals surface area contributed by atoms with Crippen LogP contribution in [0.5, 0.6) is 0 Å². The monoisotopic (exact) mass is 1260 g/mol. The molecule has 4 aliphatic rings. The first-order valence-corrected chi connectivity index (χ1v) is 34.8. The second-order valence-electron chi connectivity index (χ2n) is 23.0. The number of anilines is 2.